The molecule has 3 atom stereocenters. The van der Waals surface area contributed by atoms with Gasteiger partial charge in [-0.2, -0.15) is 5.10 Å². The molecule has 0 amide bonds. The maximum Gasteiger partial charge on any atom is 0.233 e. The number of aliphatic hydroxyl groups is 1. The van der Waals surface area contributed by atoms with Crippen molar-refractivity contribution >= 4 is 11.0 Å². The van der Waals surface area contributed by atoms with Crippen molar-refractivity contribution in [3.63, 3.8) is 0 Å². The molecule has 0 aliphatic heterocycles. The van der Waals surface area contributed by atoms with Gasteiger partial charge in [0.2, 0.25) is 5.88 Å². The smallest absolute Gasteiger partial charge is 0.233 e. The van der Waals surface area contributed by atoms with E-state index < -0.39 is 6.10 Å². The van der Waals surface area contributed by atoms with E-state index in [0.717, 1.165) is 6.42 Å². The van der Waals surface area contributed by atoms with Gasteiger partial charge in [0.15, 0.2) is 5.65 Å². The van der Waals surface area contributed by atoms with Gasteiger partial charge in [0.05, 0.1) is 18.3 Å². The van der Waals surface area contributed by atoms with Crippen LogP contribution in [0.4, 0.5) is 4.39 Å². The standard InChI is InChI=1S/C17H18FN5O2/c18-10-2-1-3-12(6-10)25-17-13-8-22-23(16(13)20-9-21-17)15-7-11(24)4-5-14(15)19/h1-3,6,8-9,11,14-15,24H,4-5,7,19H2. The third-order valence-electron chi connectivity index (χ3n) is 4.52. The van der Waals surface area contributed by atoms with Gasteiger partial charge in [-0.1, -0.05) is 6.07 Å². The van der Waals surface area contributed by atoms with Gasteiger partial charge in [0.1, 0.15) is 23.3 Å². The largest absolute Gasteiger partial charge is 0.438 e. The highest BCUT2D eigenvalue weighted by atomic mass is 19.1. The number of halogens is 1. The molecule has 1 aliphatic carbocycles. The molecule has 0 saturated heterocycles. The van der Waals surface area contributed by atoms with Crippen LogP contribution >= 0.6 is 0 Å². The summed E-state index contributed by atoms with van der Waals surface area (Å²) in [6.07, 6.45) is 4.54. The normalized spacial score (nSPS) is 23.7. The first kappa shape index (κ1) is 15.9. The van der Waals surface area contributed by atoms with Gasteiger partial charge < -0.3 is 15.6 Å². The fraction of sp³-hybridized carbons (Fsp3) is 0.353. The zero-order chi connectivity index (χ0) is 17.4. The van der Waals surface area contributed by atoms with Crippen molar-refractivity contribution in [1.82, 2.24) is 19.7 Å². The van der Waals surface area contributed by atoms with E-state index in [1.54, 1.807) is 23.0 Å². The highest BCUT2D eigenvalue weighted by Crippen LogP contribution is 2.32. The van der Waals surface area contributed by atoms with Crippen molar-refractivity contribution in [1.29, 1.82) is 0 Å². The number of rotatable bonds is 3. The summed E-state index contributed by atoms with van der Waals surface area (Å²) in [6.45, 7) is 0. The van der Waals surface area contributed by atoms with Crippen LogP contribution in [0.2, 0.25) is 0 Å². The van der Waals surface area contributed by atoms with E-state index in [9.17, 15) is 9.50 Å². The van der Waals surface area contributed by atoms with Crippen molar-refractivity contribution in [2.24, 2.45) is 5.73 Å². The Kier molecular flexibility index (Phi) is 4.06. The van der Waals surface area contributed by atoms with Crippen LogP contribution in [0.25, 0.3) is 11.0 Å². The summed E-state index contributed by atoms with van der Waals surface area (Å²) in [7, 11) is 0. The number of nitrogens with two attached hydrogens (primary N) is 1. The second kappa shape index (κ2) is 6.38. The maximum atomic E-state index is 13.3. The summed E-state index contributed by atoms with van der Waals surface area (Å²) in [6, 6.07) is 5.60. The first-order valence-electron chi connectivity index (χ1n) is 8.17. The molecule has 1 aliphatic rings. The molecule has 1 saturated carbocycles. The lowest BCUT2D eigenvalue weighted by molar-refractivity contribution is 0.0908. The monoisotopic (exact) mass is 343 g/mol. The van der Waals surface area contributed by atoms with Crippen LogP contribution in [0.3, 0.4) is 0 Å². The Morgan fingerprint density at radius 2 is 2.16 bits per heavy atom. The highest BCUT2D eigenvalue weighted by Gasteiger charge is 2.30. The van der Waals surface area contributed by atoms with E-state index in [4.69, 9.17) is 10.5 Å². The Balaban J connectivity index is 1.70. The molecule has 25 heavy (non-hydrogen) atoms. The quantitative estimate of drug-likeness (QED) is 0.756. The average Bonchev–Trinajstić information content (AvgIpc) is 3.02. The van der Waals surface area contributed by atoms with Gasteiger partial charge in [-0.25, -0.2) is 19.0 Å². The van der Waals surface area contributed by atoms with E-state index in [0.29, 0.717) is 35.5 Å². The van der Waals surface area contributed by atoms with E-state index in [1.807, 2.05) is 0 Å². The lowest BCUT2D eigenvalue weighted by atomic mass is 9.89. The summed E-state index contributed by atoms with van der Waals surface area (Å²) in [5.74, 6) is 0.255. The fourth-order valence-electron chi connectivity index (χ4n) is 3.24. The number of nitrogens with zero attached hydrogens (tertiary/aromatic N) is 4. The number of aromatic nitrogens is 4. The number of hydrogen-bond donors (Lipinski definition) is 2. The van der Waals surface area contributed by atoms with Gasteiger partial charge in [-0.15, -0.1) is 0 Å². The van der Waals surface area contributed by atoms with Gasteiger partial charge >= 0.3 is 0 Å². The summed E-state index contributed by atoms with van der Waals surface area (Å²) < 4.78 is 20.8. The molecular weight excluding hydrogens is 325 g/mol. The Hall–Kier alpha value is -2.58. The molecule has 1 fully saturated rings. The predicted octanol–water partition coefficient (Wildman–Crippen LogP) is 2.17. The molecule has 2 aromatic heterocycles. The molecule has 2 heterocycles. The summed E-state index contributed by atoms with van der Waals surface area (Å²) >= 11 is 0. The Morgan fingerprint density at radius 1 is 1.28 bits per heavy atom. The zero-order valence-corrected chi connectivity index (χ0v) is 13.4. The molecule has 8 heteroatoms. The number of hydrogen-bond acceptors (Lipinski definition) is 6. The summed E-state index contributed by atoms with van der Waals surface area (Å²) in [4.78, 5) is 8.43. The first-order valence-corrected chi connectivity index (χ1v) is 8.17. The van der Waals surface area contributed by atoms with Crippen molar-refractivity contribution in [2.75, 3.05) is 0 Å². The topological polar surface area (TPSA) is 99.1 Å². The van der Waals surface area contributed by atoms with Crippen LogP contribution in [0.1, 0.15) is 25.3 Å². The Morgan fingerprint density at radius 3 is 3.00 bits per heavy atom. The second-order valence-electron chi connectivity index (χ2n) is 6.26. The third kappa shape index (κ3) is 3.06. The highest BCUT2D eigenvalue weighted by molar-refractivity contribution is 5.80. The Labute approximate surface area is 143 Å². The van der Waals surface area contributed by atoms with Crippen molar-refractivity contribution in [3.8, 4) is 11.6 Å². The fourth-order valence-corrected chi connectivity index (χ4v) is 3.24. The molecule has 3 unspecified atom stereocenters. The number of aliphatic hydroxyl groups excluding tert-OH is 1. The molecular formula is C17H18FN5O2. The lowest BCUT2D eigenvalue weighted by Crippen LogP contribution is -2.39. The molecule has 1 aromatic carbocycles. The van der Waals surface area contributed by atoms with Crippen molar-refractivity contribution in [2.45, 2.75) is 37.5 Å². The van der Waals surface area contributed by atoms with Crippen molar-refractivity contribution < 1.29 is 14.2 Å². The van der Waals surface area contributed by atoms with Crippen LogP contribution in [-0.4, -0.2) is 37.0 Å². The molecule has 0 spiro atoms. The minimum Gasteiger partial charge on any atom is -0.438 e. The second-order valence-corrected chi connectivity index (χ2v) is 6.26. The van der Waals surface area contributed by atoms with Crippen LogP contribution in [0.5, 0.6) is 11.6 Å². The van der Waals surface area contributed by atoms with Gasteiger partial charge in [-0.05, 0) is 31.4 Å². The van der Waals surface area contributed by atoms with Gasteiger partial charge in [-0.3, -0.25) is 0 Å². The molecule has 3 aromatic rings. The van der Waals surface area contributed by atoms with Crippen LogP contribution in [0, 0.1) is 5.82 Å². The van der Waals surface area contributed by atoms with Crippen LogP contribution < -0.4 is 10.5 Å². The molecule has 3 N–H and O–H groups in total. The van der Waals surface area contributed by atoms with E-state index in [2.05, 4.69) is 15.1 Å². The van der Waals surface area contributed by atoms with Crippen molar-refractivity contribution in [3.05, 3.63) is 42.6 Å². The predicted molar refractivity (Wildman–Crippen MR) is 88.7 cm³/mol. The molecule has 130 valence electrons. The van der Waals surface area contributed by atoms with Crippen LogP contribution in [-0.2, 0) is 0 Å². The molecule has 7 nitrogen and oxygen atoms in total. The van der Waals surface area contributed by atoms with E-state index >= 15 is 0 Å². The third-order valence-corrected chi connectivity index (χ3v) is 4.52. The Bertz CT molecular complexity index is 900. The SMILES string of the molecule is NC1CCC(O)CC1n1ncc2c(Oc3cccc(F)c3)ncnc21. The van der Waals surface area contributed by atoms with Crippen LogP contribution in [0.15, 0.2) is 36.8 Å². The van der Waals surface area contributed by atoms with Gasteiger partial charge in [0.25, 0.3) is 0 Å². The number of ether oxygens (including phenoxy) is 1. The summed E-state index contributed by atoms with van der Waals surface area (Å²) in [5.41, 5.74) is 6.79. The minimum atomic E-state index is -0.395. The zero-order valence-electron chi connectivity index (χ0n) is 13.4. The molecule has 4 rings (SSSR count). The van der Waals surface area contributed by atoms with E-state index in [1.165, 1.54) is 18.5 Å². The molecule has 0 radical (unpaired) electrons. The first-order chi connectivity index (χ1) is 12.1. The summed E-state index contributed by atoms with van der Waals surface area (Å²) in [5, 5.41) is 15.0. The molecule has 0 bridgehead atoms. The lowest BCUT2D eigenvalue weighted by Gasteiger charge is -2.31. The minimum absolute atomic E-state index is 0.103. The number of fused-ring (bicyclic) bond motifs is 1. The van der Waals surface area contributed by atoms with Gasteiger partial charge in [0, 0.05) is 12.1 Å². The number of benzene rings is 1. The average molecular weight is 343 g/mol. The maximum absolute atomic E-state index is 13.3. The van der Waals surface area contributed by atoms with E-state index in [-0.39, 0.29) is 17.9 Å².